The van der Waals surface area contributed by atoms with Gasteiger partial charge in [-0.15, -0.1) is 0 Å². The molecule has 0 radical (unpaired) electrons. The Morgan fingerprint density at radius 2 is 1.52 bits per heavy atom. The van der Waals surface area contributed by atoms with Crippen LogP contribution in [0.1, 0.15) is 84.5 Å². The van der Waals surface area contributed by atoms with Gasteiger partial charge in [0.2, 0.25) is 5.91 Å². The van der Waals surface area contributed by atoms with Crippen molar-refractivity contribution in [3.63, 3.8) is 0 Å². The van der Waals surface area contributed by atoms with E-state index in [1.165, 1.54) is 57.8 Å². The third-order valence-corrected chi connectivity index (χ3v) is 7.05. The van der Waals surface area contributed by atoms with Crippen molar-refractivity contribution in [3.05, 3.63) is 0 Å². The number of carbonyl (C=O) groups excluding carboxylic acids is 1. The summed E-state index contributed by atoms with van der Waals surface area (Å²) in [5.74, 6) is 1.24. The van der Waals surface area contributed by atoms with E-state index in [9.17, 15) is 4.79 Å². The predicted octanol–water partition coefficient (Wildman–Crippen LogP) is 4.43. The molecular formula is C19H31NO. The summed E-state index contributed by atoms with van der Waals surface area (Å²) >= 11 is 0. The molecule has 2 heteroatoms. The predicted molar refractivity (Wildman–Crippen MR) is 84.9 cm³/mol. The average molecular weight is 289 g/mol. The van der Waals surface area contributed by atoms with Crippen LogP contribution in [0.3, 0.4) is 0 Å². The maximum atomic E-state index is 13.1. The van der Waals surface area contributed by atoms with Gasteiger partial charge in [0.25, 0.3) is 0 Å². The molecule has 5 rings (SSSR count). The van der Waals surface area contributed by atoms with Crippen molar-refractivity contribution in [2.45, 2.75) is 90.5 Å². The summed E-state index contributed by atoms with van der Waals surface area (Å²) in [6, 6.07) is 0.472. The van der Waals surface area contributed by atoms with E-state index < -0.39 is 0 Å². The third kappa shape index (κ3) is 2.33. The van der Waals surface area contributed by atoms with Gasteiger partial charge in [-0.2, -0.15) is 0 Å². The number of amides is 1. The van der Waals surface area contributed by atoms with Gasteiger partial charge >= 0.3 is 0 Å². The second-order valence-corrected chi connectivity index (χ2v) is 9.72. The maximum Gasteiger partial charge on any atom is 0.226 e. The molecule has 0 aromatic heterocycles. The largest absolute Gasteiger partial charge is 0.353 e. The minimum absolute atomic E-state index is 0.0135. The minimum atomic E-state index is -0.0135. The van der Waals surface area contributed by atoms with Crippen LogP contribution >= 0.6 is 0 Å². The Bertz CT molecular complexity index is 432. The van der Waals surface area contributed by atoms with E-state index in [1.54, 1.807) is 0 Å². The van der Waals surface area contributed by atoms with E-state index in [4.69, 9.17) is 0 Å². The second kappa shape index (κ2) is 4.49. The van der Waals surface area contributed by atoms with Gasteiger partial charge in [0, 0.05) is 6.04 Å². The Morgan fingerprint density at radius 1 is 0.905 bits per heavy atom. The van der Waals surface area contributed by atoms with Gasteiger partial charge in [0.15, 0.2) is 0 Å². The molecule has 1 N–H and O–H groups in total. The van der Waals surface area contributed by atoms with Crippen LogP contribution in [0.25, 0.3) is 0 Å². The lowest BCUT2D eigenvalue weighted by molar-refractivity contribution is -0.170. The molecule has 118 valence electrons. The van der Waals surface area contributed by atoms with Crippen molar-refractivity contribution < 1.29 is 4.79 Å². The molecule has 5 fully saturated rings. The maximum absolute atomic E-state index is 13.1. The van der Waals surface area contributed by atoms with Crippen molar-refractivity contribution in [2.75, 3.05) is 0 Å². The summed E-state index contributed by atoms with van der Waals surface area (Å²) in [5.41, 5.74) is 0.872. The Balaban J connectivity index is 1.54. The molecular weight excluding hydrogens is 258 g/mol. The van der Waals surface area contributed by atoms with Gasteiger partial charge in [-0.05, 0) is 68.1 Å². The Kier molecular flexibility index (Phi) is 3.01. The second-order valence-electron chi connectivity index (χ2n) is 9.72. The van der Waals surface area contributed by atoms with Crippen molar-refractivity contribution in [1.29, 1.82) is 0 Å². The van der Waals surface area contributed by atoms with Crippen LogP contribution in [0.15, 0.2) is 0 Å². The first kappa shape index (κ1) is 14.1. The fraction of sp³-hybridized carbons (Fsp3) is 0.947. The Labute approximate surface area is 129 Å². The number of nitrogens with one attached hydrogen (secondary N) is 1. The van der Waals surface area contributed by atoms with Gasteiger partial charge < -0.3 is 5.32 Å². The van der Waals surface area contributed by atoms with Crippen molar-refractivity contribution in [2.24, 2.45) is 22.2 Å². The first-order chi connectivity index (χ1) is 9.91. The summed E-state index contributed by atoms with van der Waals surface area (Å²) in [6.07, 6.45) is 14.0. The number of hydrogen-bond donors (Lipinski definition) is 1. The van der Waals surface area contributed by atoms with Gasteiger partial charge in [0.1, 0.15) is 0 Å². The van der Waals surface area contributed by atoms with Crippen LogP contribution < -0.4 is 5.32 Å². The zero-order valence-electron chi connectivity index (χ0n) is 13.8. The summed E-state index contributed by atoms with van der Waals surface area (Å²) in [7, 11) is 0. The van der Waals surface area contributed by atoms with E-state index in [0.29, 0.717) is 22.8 Å². The smallest absolute Gasteiger partial charge is 0.226 e. The Morgan fingerprint density at radius 3 is 2.10 bits per heavy atom. The highest BCUT2D eigenvalue weighted by atomic mass is 16.2. The molecule has 5 aliphatic rings. The highest BCUT2D eigenvalue weighted by Gasteiger charge is 2.62. The van der Waals surface area contributed by atoms with Crippen LogP contribution in [0.5, 0.6) is 0 Å². The molecule has 0 aliphatic heterocycles. The normalized spacial score (nSPS) is 49.3. The van der Waals surface area contributed by atoms with E-state index in [0.717, 1.165) is 18.8 Å². The number of carbonyl (C=O) groups is 1. The highest BCUT2D eigenvalue weighted by Crippen LogP contribution is 2.69. The van der Waals surface area contributed by atoms with Crippen LogP contribution in [0, 0.1) is 22.2 Å². The lowest BCUT2D eigenvalue weighted by atomic mass is 9.40. The van der Waals surface area contributed by atoms with Crippen LogP contribution in [-0.2, 0) is 4.79 Å². The molecule has 2 unspecified atom stereocenters. The Hall–Kier alpha value is -0.530. The molecule has 0 spiro atoms. The van der Waals surface area contributed by atoms with Crippen LogP contribution in [0.2, 0.25) is 0 Å². The first-order valence-electron chi connectivity index (χ1n) is 9.22. The standard InChI is InChI=1S/C19H31NO/c1-17-8-14-9-18(2,11-17)13-19(10-14,12-17)16(21)20-15-6-4-3-5-7-15/h14-15H,3-13H2,1-2H3,(H,20,21). The molecule has 5 saturated carbocycles. The van der Waals surface area contributed by atoms with E-state index in [1.807, 2.05) is 0 Å². The van der Waals surface area contributed by atoms with Gasteiger partial charge in [-0.3, -0.25) is 4.79 Å². The number of rotatable bonds is 2. The lowest BCUT2D eigenvalue weighted by Gasteiger charge is -2.64. The zero-order chi connectivity index (χ0) is 14.7. The fourth-order valence-electron chi connectivity index (χ4n) is 7.29. The van der Waals surface area contributed by atoms with Crippen molar-refractivity contribution in [3.8, 4) is 0 Å². The van der Waals surface area contributed by atoms with Crippen molar-refractivity contribution in [1.82, 2.24) is 5.32 Å². The molecule has 1 amide bonds. The van der Waals surface area contributed by atoms with Crippen LogP contribution in [-0.4, -0.2) is 11.9 Å². The molecule has 0 aromatic carbocycles. The van der Waals surface area contributed by atoms with E-state index >= 15 is 0 Å². The molecule has 4 bridgehead atoms. The first-order valence-corrected chi connectivity index (χ1v) is 9.22. The molecule has 0 saturated heterocycles. The molecule has 21 heavy (non-hydrogen) atoms. The van der Waals surface area contributed by atoms with Crippen molar-refractivity contribution >= 4 is 5.91 Å². The SMILES string of the molecule is CC12CC3CC(C)(C1)CC(C(=O)NC1CCCCC1)(C3)C2. The third-order valence-electron chi connectivity index (χ3n) is 7.05. The van der Waals surface area contributed by atoms with Gasteiger partial charge in [-0.25, -0.2) is 0 Å². The molecule has 0 aromatic rings. The summed E-state index contributed by atoms with van der Waals surface area (Å²) in [6.45, 7) is 4.91. The fourth-order valence-corrected chi connectivity index (χ4v) is 7.29. The highest BCUT2D eigenvalue weighted by molar-refractivity contribution is 5.83. The van der Waals surface area contributed by atoms with E-state index in [2.05, 4.69) is 19.2 Å². The van der Waals surface area contributed by atoms with Gasteiger partial charge in [-0.1, -0.05) is 33.1 Å². The lowest BCUT2D eigenvalue weighted by Crippen LogP contribution is -2.60. The van der Waals surface area contributed by atoms with Crippen LogP contribution in [0.4, 0.5) is 0 Å². The molecule has 5 aliphatic carbocycles. The number of hydrogen-bond acceptors (Lipinski definition) is 1. The topological polar surface area (TPSA) is 29.1 Å². The molecule has 2 atom stereocenters. The summed E-state index contributed by atoms with van der Waals surface area (Å²) in [5, 5.41) is 3.47. The zero-order valence-corrected chi connectivity index (χ0v) is 13.8. The monoisotopic (exact) mass is 289 g/mol. The summed E-state index contributed by atoms with van der Waals surface area (Å²) in [4.78, 5) is 13.1. The summed E-state index contributed by atoms with van der Waals surface area (Å²) < 4.78 is 0. The molecule has 2 nitrogen and oxygen atoms in total. The average Bonchev–Trinajstić information content (AvgIpc) is 2.35. The molecule has 0 heterocycles. The van der Waals surface area contributed by atoms with Gasteiger partial charge in [0.05, 0.1) is 5.41 Å². The quantitative estimate of drug-likeness (QED) is 0.800. The van der Waals surface area contributed by atoms with E-state index in [-0.39, 0.29) is 5.41 Å². The minimum Gasteiger partial charge on any atom is -0.353 e.